The molecule has 2 fully saturated rings. The molecule has 0 spiro atoms. The highest BCUT2D eigenvalue weighted by atomic mass is 16.3. The average molecular weight is 398 g/mol. The molecule has 2 aliphatic heterocycles. The smallest absolute Gasteiger partial charge is 0.258 e. The molecule has 1 N–H and O–H groups in total. The highest BCUT2D eigenvalue weighted by Crippen LogP contribution is 2.50. The summed E-state index contributed by atoms with van der Waals surface area (Å²) >= 11 is 0. The van der Waals surface area contributed by atoms with E-state index in [0.29, 0.717) is 12.5 Å². The number of hydrogen-bond donors (Lipinski definition) is 1. The second-order valence-corrected chi connectivity index (χ2v) is 9.47. The van der Waals surface area contributed by atoms with Crippen LogP contribution < -0.4 is 5.56 Å². The number of aliphatic hydroxyl groups is 1. The second kappa shape index (κ2) is 7.10. The van der Waals surface area contributed by atoms with E-state index in [-0.39, 0.29) is 42.0 Å². The van der Waals surface area contributed by atoms with Crippen LogP contribution in [-0.4, -0.2) is 58.7 Å². The van der Waals surface area contributed by atoms with Gasteiger partial charge >= 0.3 is 0 Å². The number of amides is 1. The zero-order chi connectivity index (χ0) is 20.3. The van der Waals surface area contributed by atoms with Crippen molar-refractivity contribution in [3.63, 3.8) is 0 Å². The molecule has 2 bridgehead atoms. The molecule has 1 aromatic rings. The number of carbonyl (C=O) groups excluding carboxylic acids is 1. The van der Waals surface area contributed by atoms with Crippen LogP contribution in [0.15, 0.2) is 23.0 Å². The summed E-state index contributed by atoms with van der Waals surface area (Å²) in [6.45, 7) is 1.51. The fourth-order valence-corrected chi connectivity index (χ4v) is 5.81. The van der Waals surface area contributed by atoms with Crippen LogP contribution in [0.2, 0.25) is 0 Å². The maximum atomic E-state index is 13.4. The Morgan fingerprint density at radius 1 is 1.28 bits per heavy atom. The molecule has 0 radical (unpaired) electrons. The lowest BCUT2D eigenvalue weighted by Crippen LogP contribution is -2.47. The first kappa shape index (κ1) is 19.1. The molecule has 4 atom stereocenters. The van der Waals surface area contributed by atoms with Gasteiger partial charge in [0.1, 0.15) is 0 Å². The van der Waals surface area contributed by atoms with Crippen molar-refractivity contribution in [2.45, 2.75) is 50.7 Å². The summed E-state index contributed by atoms with van der Waals surface area (Å²) in [6.07, 6.45) is 7.80. The minimum Gasteiger partial charge on any atom is -0.396 e. The molecule has 5 rings (SSSR count). The molecule has 1 aromatic heterocycles. The van der Waals surface area contributed by atoms with E-state index in [1.807, 2.05) is 10.6 Å². The van der Waals surface area contributed by atoms with Crippen LogP contribution in [0.4, 0.5) is 0 Å². The van der Waals surface area contributed by atoms with Crippen LogP contribution >= 0.6 is 0 Å². The molecule has 1 saturated carbocycles. The highest BCUT2D eigenvalue weighted by Gasteiger charge is 2.56. The van der Waals surface area contributed by atoms with Gasteiger partial charge in [0.05, 0.1) is 12.0 Å². The normalized spacial score (nSPS) is 30.9. The van der Waals surface area contributed by atoms with Gasteiger partial charge in [0.25, 0.3) is 5.56 Å². The first-order valence-corrected chi connectivity index (χ1v) is 11.0. The van der Waals surface area contributed by atoms with Gasteiger partial charge in [-0.05, 0) is 55.7 Å². The van der Waals surface area contributed by atoms with Gasteiger partial charge in [0.15, 0.2) is 0 Å². The third-order valence-electron chi connectivity index (χ3n) is 7.45. The molecule has 29 heavy (non-hydrogen) atoms. The fourth-order valence-electron chi connectivity index (χ4n) is 5.81. The largest absolute Gasteiger partial charge is 0.396 e. The predicted molar refractivity (Wildman–Crippen MR) is 111 cm³/mol. The Bertz CT molecular complexity index is 914. The lowest BCUT2D eigenvalue weighted by Gasteiger charge is -2.38. The van der Waals surface area contributed by atoms with E-state index in [1.165, 1.54) is 12.8 Å². The number of allylic oxidation sites excluding steroid dienone is 2. The Kier molecular flexibility index (Phi) is 4.67. The Hall–Kier alpha value is -1.92. The Morgan fingerprint density at radius 3 is 2.69 bits per heavy atom. The summed E-state index contributed by atoms with van der Waals surface area (Å²) in [5.41, 5.74) is 3.01. The SMILES string of the molecule is CN(C)C(=O)[C@H]1[C@H](CO)[C@H]2Cn3c(ccc(C4=CCCC4)c3=O)[C@@H]1N2CC1CC1. The van der Waals surface area contributed by atoms with Gasteiger partial charge in [0.2, 0.25) is 5.91 Å². The van der Waals surface area contributed by atoms with E-state index in [9.17, 15) is 14.7 Å². The quantitative estimate of drug-likeness (QED) is 0.824. The van der Waals surface area contributed by atoms with E-state index in [0.717, 1.165) is 42.6 Å². The van der Waals surface area contributed by atoms with E-state index in [2.05, 4.69) is 17.0 Å². The molecule has 156 valence electrons. The summed E-state index contributed by atoms with van der Waals surface area (Å²) < 4.78 is 1.92. The van der Waals surface area contributed by atoms with Gasteiger partial charge in [-0.3, -0.25) is 14.5 Å². The van der Waals surface area contributed by atoms with Crippen LogP contribution in [0, 0.1) is 17.8 Å². The van der Waals surface area contributed by atoms with E-state index >= 15 is 0 Å². The molecule has 6 heteroatoms. The van der Waals surface area contributed by atoms with Crippen molar-refractivity contribution in [2.24, 2.45) is 17.8 Å². The van der Waals surface area contributed by atoms with Crippen molar-refractivity contribution >= 4 is 11.5 Å². The number of fused-ring (bicyclic) bond motifs is 4. The van der Waals surface area contributed by atoms with Crippen molar-refractivity contribution in [2.75, 3.05) is 27.2 Å². The van der Waals surface area contributed by atoms with Crippen molar-refractivity contribution in [3.05, 3.63) is 39.8 Å². The van der Waals surface area contributed by atoms with Crippen LogP contribution in [0.25, 0.3) is 5.57 Å². The minimum atomic E-state index is -0.302. The van der Waals surface area contributed by atoms with Crippen LogP contribution in [0.5, 0.6) is 0 Å². The Balaban J connectivity index is 1.62. The monoisotopic (exact) mass is 397 g/mol. The summed E-state index contributed by atoms with van der Waals surface area (Å²) in [4.78, 5) is 30.7. The lowest BCUT2D eigenvalue weighted by atomic mass is 9.86. The number of pyridine rings is 1. The molecule has 1 saturated heterocycles. The van der Waals surface area contributed by atoms with Crippen LogP contribution in [0.3, 0.4) is 0 Å². The average Bonchev–Trinajstić information content (AvgIpc) is 3.29. The third kappa shape index (κ3) is 2.99. The van der Waals surface area contributed by atoms with Gasteiger partial charge in [-0.25, -0.2) is 0 Å². The van der Waals surface area contributed by atoms with E-state index < -0.39 is 0 Å². The topological polar surface area (TPSA) is 65.8 Å². The molecule has 0 unspecified atom stereocenters. The number of aromatic nitrogens is 1. The fraction of sp³-hybridized carbons (Fsp3) is 0.652. The maximum absolute atomic E-state index is 13.4. The van der Waals surface area contributed by atoms with Gasteiger partial charge < -0.3 is 14.6 Å². The zero-order valence-electron chi connectivity index (χ0n) is 17.4. The van der Waals surface area contributed by atoms with E-state index in [4.69, 9.17) is 0 Å². The first-order valence-electron chi connectivity index (χ1n) is 11.0. The maximum Gasteiger partial charge on any atom is 0.258 e. The summed E-state index contributed by atoms with van der Waals surface area (Å²) in [6, 6.07) is 3.97. The Morgan fingerprint density at radius 2 is 2.07 bits per heavy atom. The van der Waals surface area contributed by atoms with Gasteiger partial charge in [-0.15, -0.1) is 0 Å². The molecular weight excluding hydrogens is 366 g/mol. The molecule has 0 aromatic carbocycles. The highest BCUT2D eigenvalue weighted by molar-refractivity contribution is 5.80. The molecule has 3 heterocycles. The van der Waals surface area contributed by atoms with Crippen molar-refractivity contribution in [1.82, 2.24) is 14.4 Å². The summed E-state index contributed by atoms with van der Waals surface area (Å²) in [5.74, 6) is 0.306. The number of aliphatic hydroxyl groups excluding tert-OH is 1. The van der Waals surface area contributed by atoms with Crippen molar-refractivity contribution < 1.29 is 9.90 Å². The van der Waals surface area contributed by atoms with Crippen LogP contribution in [0.1, 0.15) is 49.4 Å². The van der Waals surface area contributed by atoms with Gasteiger partial charge in [-0.2, -0.15) is 0 Å². The van der Waals surface area contributed by atoms with Crippen LogP contribution in [-0.2, 0) is 11.3 Å². The molecular formula is C23H31N3O3. The predicted octanol–water partition coefficient (Wildman–Crippen LogP) is 1.88. The third-order valence-corrected chi connectivity index (χ3v) is 7.45. The van der Waals surface area contributed by atoms with Gasteiger partial charge in [-0.1, -0.05) is 6.08 Å². The molecule has 2 aliphatic carbocycles. The number of carbonyl (C=O) groups is 1. The molecule has 4 aliphatic rings. The number of rotatable bonds is 5. The number of nitrogens with zero attached hydrogens (tertiary/aromatic N) is 3. The first-order chi connectivity index (χ1) is 14.0. The molecule has 6 nitrogen and oxygen atoms in total. The zero-order valence-corrected chi connectivity index (χ0v) is 17.4. The lowest BCUT2D eigenvalue weighted by molar-refractivity contribution is -0.135. The summed E-state index contributed by atoms with van der Waals surface area (Å²) in [7, 11) is 3.57. The standard InChI is InChI=1S/C23H31N3O3/c1-24(2)23(29)20-17(13-27)19-12-26-18(21(20)25(19)11-14-7-8-14)10-9-16(22(26)28)15-5-3-4-6-15/h5,9-10,14,17,19-21,27H,3-4,6-8,11-13H2,1-2H3/t17-,19-,20+,21+/m1/s1. The number of hydrogen-bond acceptors (Lipinski definition) is 4. The Labute approximate surface area is 171 Å². The van der Waals surface area contributed by atoms with Crippen molar-refractivity contribution in [1.29, 1.82) is 0 Å². The minimum absolute atomic E-state index is 0.0205. The molecule has 1 amide bonds. The van der Waals surface area contributed by atoms with E-state index in [1.54, 1.807) is 19.0 Å². The van der Waals surface area contributed by atoms with Crippen molar-refractivity contribution in [3.8, 4) is 0 Å². The second-order valence-electron chi connectivity index (χ2n) is 9.47. The summed E-state index contributed by atoms with van der Waals surface area (Å²) in [5, 5.41) is 10.3. The van der Waals surface area contributed by atoms with Gasteiger partial charge in [0, 0.05) is 57.0 Å².